The Morgan fingerprint density at radius 1 is 1.38 bits per heavy atom. The molecule has 0 atom stereocenters. The summed E-state index contributed by atoms with van der Waals surface area (Å²) in [6, 6.07) is 4.55. The second-order valence-electron chi connectivity index (χ2n) is 4.94. The van der Waals surface area contributed by atoms with Crippen molar-refractivity contribution in [1.29, 1.82) is 0 Å². The molecule has 0 unspecified atom stereocenters. The highest BCUT2D eigenvalue weighted by atomic mass is 16.5. The molecule has 1 aromatic carbocycles. The first-order valence-electron chi connectivity index (χ1n) is 6.74. The summed E-state index contributed by atoms with van der Waals surface area (Å²) >= 11 is 0. The second-order valence-corrected chi connectivity index (χ2v) is 4.94. The van der Waals surface area contributed by atoms with Crippen LogP contribution in [0.4, 0.5) is 0 Å². The Morgan fingerprint density at radius 2 is 2.05 bits per heavy atom. The Balaban J connectivity index is 2.68. The van der Waals surface area contributed by atoms with Gasteiger partial charge in [0.05, 0.1) is 5.56 Å². The molecule has 0 aliphatic carbocycles. The van der Waals surface area contributed by atoms with Gasteiger partial charge in [-0.2, -0.15) is 0 Å². The molecule has 0 saturated carbocycles. The van der Waals surface area contributed by atoms with Crippen molar-refractivity contribution in [3.8, 4) is 5.75 Å². The molecule has 0 aromatic heterocycles. The molecule has 0 radical (unpaired) electrons. The summed E-state index contributed by atoms with van der Waals surface area (Å²) < 4.78 is 5.48. The summed E-state index contributed by atoms with van der Waals surface area (Å²) in [5.74, 6) is -0.596. The molecule has 0 spiro atoms. The van der Waals surface area contributed by atoms with Gasteiger partial charge in [0.15, 0.2) is 6.61 Å². The van der Waals surface area contributed by atoms with Crippen molar-refractivity contribution in [1.82, 2.24) is 4.90 Å². The van der Waals surface area contributed by atoms with E-state index in [0.717, 1.165) is 5.57 Å². The van der Waals surface area contributed by atoms with E-state index in [-0.39, 0.29) is 18.1 Å². The van der Waals surface area contributed by atoms with Crippen LogP contribution in [0, 0.1) is 6.92 Å². The van der Waals surface area contributed by atoms with Crippen LogP contribution in [0.3, 0.4) is 0 Å². The van der Waals surface area contributed by atoms with E-state index in [1.807, 2.05) is 13.8 Å². The van der Waals surface area contributed by atoms with E-state index < -0.39 is 5.97 Å². The molecule has 0 aliphatic rings. The highest BCUT2D eigenvalue weighted by molar-refractivity contribution is 5.88. The maximum atomic E-state index is 12.0. The van der Waals surface area contributed by atoms with E-state index in [2.05, 4.69) is 6.58 Å². The monoisotopic (exact) mass is 291 g/mol. The van der Waals surface area contributed by atoms with Gasteiger partial charge in [0.25, 0.3) is 5.91 Å². The molecule has 1 rings (SSSR count). The normalized spacial score (nSPS) is 10.0. The Hall–Kier alpha value is -2.30. The number of rotatable bonds is 7. The van der Waals surface area contributed by atoms with Gasteiger partial charge in [0.2, 0.25) is 0 Å². The number of aryl methyl sites for hydroxylation is 1. The molecule has 0 aliphatic heterocycles. The number of hydrogen-bond donors (Lipinski definition) is 1. The molecule has 0 fully saturated rings. The van der Waals surface area contributed by atoms with E-state index in [4.69, 9.17) is 9.84 Å². The summed E-state index contributed by atoms with van der Waals surface area (Å²) in [5.41, 5.74) is 1.79. The number of hydrogen-bond acceptors (Lipinski definition) is 3. The zero-order chi connectivity index (χ0) is 16.0. The van der Waals surface area contributed by atoms with E-state index in [1.165, 1.54) is 12.1 Å². The largest absolute Gasteiger partial charge is 0.483 e. The van der Waals surface area contributed by atoms with Crippen LogP contribution in [0.2, 0.25) is 0 Å². The minimum Gasteiger partial charge on any atom is -0.483 e. The summed E-state index contributed by atoms with van der Waals surface area (Å²) in [6.45, 7) is 10.3. The van der Waals surface area contributed by atoms with E-state index in [1.54, 1.807) is 17.9 Å². The third-order valence-corrected chi connectivity index (χ3v) is 2.97. The van der Waals surface area contributed by atoms with Gasteiger partial charge in [0.1, 0.15) is 5.75 Å². The molecular weight excluding hydrogens is 270 g/mol. The highest BCUT2D eigenvalue weighted by Crippen LogP contribution is 2.19. The topological polar surface area (TPSA) is 66.8 Å². The fourth-order valence-corrected chi connectivity index (χ4v) is 1.88. The lowest BCUT2D eigenvalue weighted by Gasteiger charge is -2.21. The predicted molar refractivity (Wildman–Crippen MR) is 80.7 cm³/mol. The molecule has 5 nitrogen and oxygen atoms in total. The van der Waals surface area contributed by atoms with E-state index in [9.17, 15) is 9.59 Å². The third-order valence-electron chi connectivity index (χ3n) is 2.97. The van der Waals surface area contributed by atoms with Gasteiger partial charge in [-0.3, -0.25) is 4.79 Å². The first kappa shape index (κ1) is 16.8. The Morgan fingerprint density at radius 3 is 2.52 bits per heavy atom. The number of carbonyl (C=O) groups excluding carboxylic acids is 1. The zero-order valence-electron chi connectivity index (χ0n) is 12.7. The number of benzene rings is 1. The van der Waals surface area contributed by atoms with E-state index in [0.29, 0.717) is 24.4 Å². The maximum absolute atomic E-state index is 12.0. The van der Waals surface area contributed by atoms with Crippen molar-refractivity contribution >= 4 is 11.9 Å². The number of carbonyl (C=O) groups is 2. The number of aromatic carboxylic acids is 1. The van der Waals surface area contributed by atoms with Crippen molar-refractivity contribution in [3.63, 3.8) is 0 Å². The number of amides is 1. The average molecular weight is 291 g/mol. The van der Waals surface area contributed by atoms with Gasteiger partial charge in [-0.05, 0) is 44.5 Å². The predicted octanol–water partition coefficient (Wildman–Crippen LogP) is 2.50. The van der Waals surface area contributed by atoms with Crippen molar-refractivity contribution in [3.05, 3.63) is 41.5 Å². The molecule has 1 N–H and O–H groups in total. The van der Waals surface area contributed by atoms with Gasteiger partial charge in [-0.1, -0.05) is 12.2 Å². The van der Waals surface area contributed by atoms with Crippen LogP contribution in [-0.2, 0) is 4.79 Å². The Bertz CT molecular complexity index is 551. The SMILES string of the molecule is C=C(C)CN(CC)C(=O)COc1ccc(C(=O)O)cc1C. The third kappa shape index (κ3) is 4.95. The quantitative estimate of drug-likeness (QED) is 0.784. The summed E-state index contributed by atoms with van der Waals surface area (Å²) in [5, 5.41) is 8.90. The van der Waals surface area contributed by atoms with Crippen LogP contribution < -0.4 is 4.74 Å². The lowest BCUT2D eigenvalue weighted by Crippen LogP contribution is -2.35. The Kier molecular flexibility index (Phi) is 5.96. The van der Waals surface area contributed by atoms with Crippen molar-refractivity contribution in [2.45, 2.75) is 20.8 Å². The van der Waals surface area contributed by atoms with Gasteiger partial charge < -0.3 is 14.7 Å². The number of likely N-dealkylation sites (N-methyl/N-ethyl adjacent to an activating group) is 1. The molecule has 1 aromatic rings. The van der Waals surface area contributed by atoms with Gasteiger partial charge in [-0.25, -0.2) is 4.79 Å². The fraction of sp³-hybridized carbons (Fsp3) is 0.375. The molecule has 0 bridgehead atoms. The van der Waals surface area contributed by atoms with Crippen LogP contribution in [-0.4, -0.2) is 41.6 Å². The molecular formula is C16H21NO4. The van der Waals surface area contributed by atoms with Crippen LogP contribution in [0.15, 0.2) is 30.4 Å². The summed E-state index contributed by atoms with van der Waals surface area (Å²) in [6.07, 6.45) is 0. The first-order chi connectivity index (χ1) is 9.85. The van der Waals surface area contributed by atoms with Gasteiger partial charge in [-0.15, -0.1) is 0 Å². The van der Waals surface area contributed by atoms with Crippen LogP contribution >= 0.6 is 0 Å². The molecule has 5 heteroatoms. The number of carboxylic acid groups (broad SMARTS) is 1. The average Bonchev–Trinajstić information content (AvgIpc) is 2.42. The number of nitrogens with zero attached hydrogens (tertiary/aromatic N) is 1. The van der Waals surface area contributed by atoms with Crippen LogP contribution in [0.1, 0.15) is 29.8 Å². The molecule has 21 heavy (non-hydrogen) atoms. The standard InChI is InChI=1S/C16H21NO4/c1-5-17(9-11(2)3)15(18)10-21-14-7-6-13(16(19)20)8-12(14)4/h6-8H,2,5,9-10H2,1,3-4H3,(H,19,20). The smallest absolute Gasteiger partial charge is 0.335 e. The molecule has 1 amide bonds. The lowest BCUT2D eigenvalue weighted by atomic mass is 10.1. The second kappa shape index (κ2) is 7.47. The summed E-state index contributed by atoms with van der Waals surface area (Å²) in [4.78, 5) is 24.5. The highest BCUT2D eigenvalue weighted by Gasteiger charge is 2.13. The zero-order valence-corrected chi connectivity index (χ0v) is 12.7. The van der Waals surface area contributed by atoms with Crippen LogP contribution in [0.5, 0.6) is 5.75 Å². The van der Waals surface area contributed by atoms with E-state index >= 15 is 0 Å². The molecule has 0 heterocycles. The van der Waals surface area contributed by atoms with Gasteiger partial charge in [0, 0.05) is 13.1 Å². The van der Waals surface area contributed by atoms with Gasteiger partial charge >= 0.3 is 5.97 Å². The number of ether oxygens (including phenoxy) is 1. The molecule has 0 saturated heterocycles. The first-order valence-corrected chi connectivity index (χ1v) is 6.74. The fourth-order valence-electron chi connectivity index (χ4n) is 1.88. The minimum absolute atomic E-state index is 0.0750. The minimum atomic E-state index is -0.987. The van der Waals surface area contributed by atoms with Crippen molar-refractivity contribution in [2.24, 2.45) is 0 Å². The number of carboxylic acids is 1. The molecule has 114 valence electrons. The van der Waals surface area contributed by atoms with Crippen LogP contribution in [0.25, 0.3) is 0 Å². The van der Waals surface area contributed by atoms with Crippen molar-refractivity contribution in [2.75, 3.05) is 19.7 Å². The summed E-state index contributed by atoms with van der Waals surface area (Å²) in [7, 11) is 0. The maximum Gasteiger partial charge on any atom is 0.335 e. The van der Waals surface area contributed by atoms with Crippen molar-refractivity contribution < 1.29 is 19.4 Å². The Labute approximate surface area is 124 Å². The lowest BCUT2D eigenvalue weighted by molar-refractivity contribution is -0.132.